The number of rotatable bonds is 4. The number of carboxylic acids is 1. The summed E-state index contributed by atoms with van der Waals surface area (Å²) >= 11 is 0. The van der Waals surface area contributed by atoms with Gasteiger partial charge in [0.1, 0.15) is 0 Å². The summed E-state index contributed by atoms with van der Waals surface area (Å²) in [5, 5.41) is 18.5. The first-order valence-corrected chi connectivity index (χ1v) is 13.7. The van der Waals surface area contributed by atoms with Crippen LogP contribution >= 0.6 is 0 Å². The van der Waals surface area contributed by atoms with Crippen LogP contribution in [0.4, 0.5) is 0 Å². The Morgan fingerprint density at radius 1 is 1.00 bits per heavy atom. The number of aliphatic hydroxyl groups excluding tert-OH is 1. The van der Waals surface area contributed by atoms with Crippen molar-refractivity contribution in [3.8, 4) is 0 Å². The summed E-state index contributed by atoms with van der Waals surface area (Å²) in [4.78, 5) is 33.1. The van der Waals surface area contributed by atoms with E-state index in [1.165, 1.54) is 0 Å². The van der Waals surface area contributed by atoms with Gasteiger partial charge in [-0.2, -0.15) is 0 Å². The maximum atomic E-state index is 12.9. The van der Waals surface area contributed by atoms with Crippen molar-refractivity contribution >= 4 is 11.8 Å². The molecule has 102 valence electrons. The van der Waals surface area contributed by atoms with Gasteiger partial charge in [0.25, 0.3) is 0 Å². The second-order valence-corrected chi connectivity index (χ2v) is 34.7. The zero-order valence-electron chi connectivity index (χ0n) is 10.0. The van der Waals surface area contributed by atoms with E-state index in [2.05, 4.69) is 0 Å². The van der Waals surface area contributed by atoms with Crippen LogP contribution in [0.2, 0.25) is 47.7 Å². The number of carboxylic acid groups (broad SMARTS) is 1. The summed E-state index contributed by atoms with van der Waals surface area (Å²) in [6, 6.07) is 0. The second kappa shape index (κ2) is 0.634. The van der Waals surface area contributed by atoms with Gasteiger partial charge < -0.3 is 0 Å². The number of aliphatic carboxylic acids is 1. The summed E-state index contributed by atoms with van der Waals surface area (Å²) in [6.07, 6.45) is -1.54. The molecule has 10 heterocycles. The number of carbonyl (C=O) groups excluding carboxylic acids is 1. The van der Waals surface area contributed by atoms with E-state index in [9.17, 15) is 14.7 Å². The van der Waals surface area contributed by atoms with Gasteiger partial charge in [-0.05, 0) is 0 Å². The summed E-state index contributed by atoms with van der Waals surface area (Å²) in [5.74, 6) is -0.992. The molecular formula is C14H14FeO4. The Morgan fingerprint density at radius 3 is 1.74 bits per heavy atom. The van der Waals surface area contributed by atoms with Crippen molar-refractivity contribution in [3.05, 3.63) is 0 Å². The van der Waals surface area contributed by atoms with Crippen LogP contribution in [0, 0.1) is 0 Å². The summed E-state index contributed by atoms with van der Waals surface area (Å²) < 4.78 is 0.107. The molecule has 10 aliphatic heterocycles. The monoisotopic (exact) mass is 302 g/mol. The van der Waals surface area contributed by atoms with Gasteiger partial charge in [-0.25, -0.2) is 0 Å². The molecule has 4 nitrogen and oxygen atoms in total. The number of Topliss-reactive ketones (excluding diaryl/α,β-unsaturated/α-hetero) is 1. The first-order valence-electron chi connectivity index (χ1n) is 7.45. The quantitative estimate of drug-likeness (QED) is 0.780. The van der Waals surface area contributed by atoms with Crippen molar-refractivity contribution in [2.45, 2.75) is 60.2 Å². The van der Waals surface area contributed by atoms with Crippen LogP contribution in [0.5, 0.6) is 0 Å². The third-order valence-corrected chi connectivity index (χ3v) is 58.1. The molecule has 5 unspecified atom stereocenters. The fourth-order valence-corrected chi connectivity index (χ4v) is 91.5. The Hall–Kier alpha value is -0.381. The van der Waals surface area contributed by atoms with E-state index in [-0.39, 0.29) is 16.5 Å². The van der Waals surface area contributed by atoms with E-state index in [1.54, 1.807) is 0 Å². The van der Waals surface area contributed by atoms with Gasteiger partial charge in [0.05, 0.1) is 0 Å². The zero-order valence-corrected chi connectivity index (χ0v) is 11.1. The van der Waals surface area contributed by atoms with Crippen LogP contribution in [-0.4, -0.2) is 28.1 Å². The molecule has 0 aromatic heterocycles. The molecule has 10 fully saturated rings. The van der Waals surface area contributed by atoms with E-state index < -0.39 is 18.6 Å². The first kappa shape index (κ1) is 7.58. The molecule has 5 atom stereocenters. The van der Waals surface area contributed by atoms with Crippen LogP contribution in [-0.2, 0) is 16.1 Å². The Bertz CT molecular complexity index is 1010. The number of fused-ring (bicyclic) bond motifs is 10. The Morgan fingerprint density at radius 2 is 1.47 bits per heavy atom. The van der Waals surface area contributed by atoms with E-state index in [1.807, 2.05) is 0 Å². The molecule has 0 aromatic rings. The third kappa shape index (κ3) is 0.0837. The van der Waals surface area contributed by atoms with Gasteiger partial charge in [-0.1, -0.05) is 0 Å². The summed E-state index contributed by atoms with van der Waals surface area (Å²) in [7, 11) is 0. The van der Waals surface area contributed by atoms with E-state index in [4.69, 9.17) is 5.11 Å². The molecule has 0 aromatic carbocycles. The van der Waals surface area contributed by atoms with Crippen LogP contribution < -0.4 is 0 Å². The molecule has 2 N–H and O–H groups in total. The van der Waals surface area contributed by atoms with Crippen LogP contribution in [0.15, 0.2) is 0 Å². The topological polar surface area (TPSA) is 74.6 Å². The van der Waals surface area contributed by atoms with Crippen LogP contribution in [0.25, 0.3) is 0 Å². The third-order valence-electron chi connectivity index (χ3n) is 15.8. The van der Waals surface area contributed by atoms with Gasteiger partial charge in [0.2, 0.25) is 0 Å². The molecule has 0 aliphatic carbocycles. The normalized spacial score (nSPS) is 109. The average Bonchev–Trinajstić information content (AvgIpc) is 3.30. The van der Waals surface area contributed by atoms with Crippen molar-refractivity contribution in [3.63, 3.8) is 0 Å². The van der Waals surface area contributed by atoms with Gasteiger partial charge in [0.15, 0.2) is 0 Å². The average molecular weight is 302 g/mol. The van der Waals surface area contributed by atoms with Crippen LogP contribution in [0.3, 0.4) is 0 Å². The van der Waals surface area contributed by atoms with E-state index in [0.29, 0.717) is 0 Å². The van der Waals surface area contributed by atoms with Crippen molar-refractivity contribution in [1.82, 2.24) is 0 Å². The molecule has 10 saturated heterocycles. The summed E-state index contributed by atoms with van der Waals surface area (Å²) in [6.45, 7) is -3.40. The maximum absolute atomic E-state index is 12.9. The standard InChI is InChI=1S/C9H9O4.C5H5.Fe/c10-7(5-8(11)9(12)13)6-3-1-2-4-6;1-2-4-5-3-1;/h1-4,8,11H,5H2,(H,12,13);1-5H;. The molecule has 10 aliphatic rings. The van der Waals surface area contributed by atoms with Gasteiger partial charge >= 0.3 is 98.2 Å². The Kier molecular flexibility index (Phi) is 0.253. The van der Waals surface area contributed by atoms with E-state index in [0.717, 1.165) is 43.3 Å². The van der Waals surface area contributed by atoms with Gasteiger partial charge in [-0.3, -0.25) is 0 Å². The number of ketones is 1. The van der Waals surface area contributed by atoms with Gasteiger partial charge in [0, 0.05) is 0 Å². The molecule has 0 radical (unpaired) electrons. The van der Waals surface area contributed by atoms with Crippen molar-refractivity contribution < 1.29 is 26.3 Å². The minimum absolute atomic E-state index is 0.0844. The summed E-state index contributed by atoms with van der Waals surface area (Å²) in [5.41, 5.74) is 0. The predicted octanol–water partition coefficient (Wildman–Crippen LogP) is 2.15. The zero-order chi connectivity index (χ0) is 12.5. The first-order chi connectivity index (χ1) is 8.79. The Balaban J connectivity index is 1.34. The van der Waals surface area contributed by atoms with E-state index >= 15 is 0 Å². The molecule has 5 heteroatoms. The Labute approximate surface area is 98.4 Å². The number of hydrogen-bond donors (Lipinski definition) is 2. The molecule has 10 rings (SSSR count). The number of carbonyl (C=O) groups is 2. The minimum atomic E-state index is -3.40. The second-order valence-electron chi connectivity index (χ2n) is 11.2. The SMILES string of the molecule is O=C(O)C(O)CC(=O)[C]12[CH]3[CH]4[CH]5[CH]1[Fe]45321678[CH]2[CH]1[CH]6[CH]7[CH]28. The van der Waals surface area contributed by atoms with Crippen LogP contribution in [0.1, 0.15) is 6.42 Å². The molecule has 0 amide bonds. The molecule has 19 heavy (non-hydrogen) atoms. The van der Waals surface area contributed by atoms with Crippen molar-refractivity contribution in [2.24, 2.45) is 0 Å². The van der Waals surface area contributed by atoms with Gasteiger partial charge in [-0.15, -0.1) is 0 Å². The van der Waals surface area contributed by atoms with Crippen molar-refractivity contribution in [1.29, 1.82) is 0 Å². The van der Waals surface area contributed by atoms with Crippen molar-refractivity contribution in [2.75, 3.05) is 0 Å². The fraction of sp³-hybridized carbons (Fsp3) is 0.857. The molecule has 1 spiro atoms. The number of aliphatic hydroxyl groups is 1. The number of hydrogen-bond acceptors (Lipinski definition) is 3. The fourth-order valence-electron chi connectivity index (χ4n) is 17.4. The molecule has 0 bridgehead atoms. The molecule has 0 saturated carbocycles. The predicted molar refractivity (Wildman–Crippen MR) is 59.7 cm³/mol. The molecular weight excluding hydrogens is 288 g/mol.